The zero-order chi connectivity index (χ0) is 10.2. The van der Waals surface area contributed by atoms with E-state index in [0.717, 1.165) is 5.75 Å². The minimum atomic E-state index is -0.644. The third kappa shape index (κ3) is 1.44. The summed E-state index contributed by atoms with van der Waals surface area (Å²) in [5.41, 5.74) is -0.644. The molecule has 1 aromatic rings. The van der Waals surface area contributed by atoms with Crippen LogP contribution in [0.4, 0.5) is 0 Å². The Morgan fingerprint density at radius 3 is 2.64 bits per heavy atom. The standard InChI is InChI=1S/C11H14O3/c1-8(12)11(2)7-13-9-5-3-4-6-10(9)14-11/h3-6,8,12H,7H2,1-2H3. The molecule has 0 aromatic heterocycles. The van der Waals surface area contributed by atoms with Gasteiger partial charge in [0.2, 0.25) is 0 Å². The van der Waals surface area contributed by atoms with Gasteiger partial charge in [-0.1, -0.05) is 12.1 Å². The molecule has 1 aromatic carbocycles. The molecule has 2 atom stereocenters. The second-order valence-corrected chi connectivity index (χ2v) is 3.83. The third-order valence-electron chi connectivity index (χ3n) is 2.59. The minimum absolute atomic E-state index is 0.377. The Morgan fingerprint density at radius 2 is 2.00 bits per heavy atom. The number of rotatable bonds is 1. The van der Waals surface area contributed by atoms with Gasteiger partial charge in [-0.05, 0) is 26.0 Å². The SMILES string of the molecule is CC(O)C1(C)COc2ccccc2O1. The number of aliphatic hydroxyl groups is 1. The summed E-state index contributed by atoms with van der Waals surface area (Å²) in [4.78, 5) is 0. The monoisotopic (exact) mass is 194 g/mol. The fraction of sp³-hybridized carbons (Fsp3) is 0.455. The van der Waals surface area contributed by atoms with Crippen LogP contribution in [0.2, 0.25) is 0 Å². The number of hydrogen-bond donors (Lipinski definition) is 1. The fourth-order valence-electron chi connectivity index (χ4n) is 1.36. The van der Waals surface area contributed by atoms with E-state index in [9.17, 15) is 5.11 Å². The highest BCUT2D eigenvalue weighted by Gasteiger charge is 2.37. The predicted molar refractivity (Wildman–Crippen MR) is 52.7 cm³/mol. The molecule has 2 rings (SSSR count). The molecule has 0 aliphatic carbocycles. The molecule has 76 valence electrons. The minimum Gasteiger partial charge on any atom is -0.485 e. The van der Waals surface area contributed by atoms with Gasteiger partial charge < -0.3 is 14.6 Å². The lowest BCUT2D eigenvalue weighted by molar-refractivity contribution is -0.0761. The van der Waals surface area contributed by atoms with Crippen LogP contribution in [0.5, 0.6) is 11.5 Å². The molecule has 1 aliphatic heterocycles. The molecule has 0 fully saturated rings. The molecular weight excluding hydrogens is 180 g/mol. The van der Waals surface area contributed by atoms with Crippen LogP contribution >= 0.6 is 0 Å². The van der Waals surface area contributed by atoms with Gasteiger partial charge in [-0.15, -0.1) is 0 Å². The molecule has 2 unspecified atom stereocenters. The van der Waals surface area contributed by atoms with Gasteiger partial charge in [-0.3, -0.25) is 0 Å². The quantitative estimate of drug-likeness (QED) is 0.738. The van der Waals surface area contributed by atoms with Crippen molar-refractivity contribution in [3.63, 3.8) is 0 Å². The molecule has 0 saturated carbocycles. The molecule has 1 aliphatic rings. The zero-order valence-corrected chi connectivity index (χ0v) is 8.36. The van der Waals surface area contributed by atoms with Crippen molar-refractivity contribution in [2.24, 2.45) is 0 Å². The molecule has 1 N–H and O–H groups in total. The summed E-state index contributed by atoms with van der Waals surface area (Å²) in [5.74, 6) is 1.44. The van der Waals surface area contributed by atoms with E-state index in [1.807, 2.05) is 31.2 Å². The van der Waals surface area contributed by atoms with E-state index in [2.05, 4.69) is 0 Å². The van der Waals surface area contributed by atoms with Crippen LogP contribution in [0.25, 0.3) is 0 Å². The summed E-state index contributed by atoms with van der Waals surface area (Å²) in [5, 5.41) is 9.56. The number of benzene rings is 1. The van der Waals surface area contributed by atoms with Gasteiger partial charge >= 0.3 is 0 Å². The highest BCUT2D eigenvalue weighted by Crippen LogP contribution is 2.35. The lowest BCUT2D eigenvalue weighted by atomic mass is 10.0. The highest BCUT2D eigenvalue weighted by molar-refractivity contribution is 5.41. The topological polar surface area (TPSA) is 38.7 Å². The molecule has 0 amide bonds. The number of aliphatic hydroxyl groups excluding tert-OH is 1. The highest BCUT2D eigenvalue weighted by atomic mass is 16.6. The van der Waals surface area contributed by atoms with Crippen LogP contribution in [0.3, 0.4) is 0 Å². The van der Waals surface area contributed by atoms with Gasteiger partial charge in [0.1, 0.15) is 6.61 Å². The molecule has 0 saturated heterocycles. The molecular formula is C11H14O3. The average molecular weight is 194 g/mol. The first kappa shape index (κ1) is 9.34. The first-order valence-corrected chi connectivity index (χ1v) is 4.71. The third-order valence-corrected chi connectivity index (χ3v) is 2.59. The summed E-state index contributed by atoms with van der Waals surface area (Å²) >= 11 is 0. The van der Waals surface area contributed by atoms with Gasteiger partial charge in [-0.25, -0.2) is 0 Å². The van der Waals surface area contributed by atoms with Gasteiger partial charge in [0, 0.05) is 0 Å². The predicted octanol–water partition coefficient (Wildman–Crippen LogP) is 1.60. The number of ether oxygens (including phenoxy) is 2. The summed E-state index contributed by atoms with van der Waals surface area (Å²) < 4.78 is 11.2. The summed E-state index contributed by atoms with van der Waals surface area (Å²) in [6.07, 6.45) is -0.559. The summed E-state index contributed by atoms with van der Waals surface area (Å²) in [6.45, 7) is 3.92. The molecule has 0 radical (unpaired) electrons. The lowest BCUT2D eigenvalue weighted by Gasteiger charge is -2.37. The van der Waals surface area contributed by atoms with Crippen LogP contribution in [0, 0.1) is 0 Å². The largest absolute Gasteiger partial charge is 0.485 e. The molecule has 0 spiro atoms. The second-order valence-electron chi connectivity index (χ2n) is 3.83. The summed E-state index contributed by atoms with van der Waals surface area (Å²) in [7, 11) is 0. The van der Waals surface area contributed by atoms with Crippen molar-refractivity contribution in [1.29, 1.82) is 0 Å². The number of hydrogen-bond acceptors (Lipinski definition) is 3. The Kier molecular flexibility index (Phi) is 2.11. The normalized spacial score (nSPS) is 27.1. The van der Waals surface area contributed by atoms with Gasteiger partial charge in [0.05, 0.1) is 6.10 Å². The first-order valence-electron chi connectivity index (χ1n) is 4.71. The Labute approximate surface area is 83.3 Å². The average Bonchev–Trinajstić information content (AvgIpc) is 2.17. The van der Waals surface area contributed by atoms with Gasteiger partial charge in [0.15, 0.2) is 17.1 Å². The zero-order valence-electron chi connectivity index (χ0n) is 8.36. The number of para-hydroxylation sites is 2. The summed E-state index contributed by atoms with van der Waals surface area (Å²) in [6, 6.07) is 7.48. The van der Waals surface area contributed by atoms with E-state index in [0.29, 0.717) is 12.4 Å². The Bertz CT molecular complexity index is 335. The molecule has 14 heavy (non-hydrogen) atoms. The van der Waals surface area contributed by atoms with Gasteiger partial charge in [-0.2, -0.15) is 0 Å². The number of fused-ring (bicyclic) bond motifs is 1. The van der Waals surface area contributed by atoms with Crippen LogP contribution in [-0.4, -0.2) is 23.4 Å². The molecule has 1 heterocycles. The van der Waals surface area contributed by atoms with Crippen LogP contribution in [0.15, 0.2) is 24.3 Å². The maximum Gasteiger partial charge on any atom is 0.165 e. The maximum atomic E-state index is 9.56. The second kappa shape index (κ2) is 3.17. The van der Waals surface area contributed by atoms with Crippen LogP contribution < -0.4 is 9.47 Å². The van der Waals surface area contributed by atoms with Crippen molar-refractivity contribution in [3.8, 4) is 11.5 Å². The lowest BCUT2D eigenvalue weighted by Crippen LogP contribution is -2.50. The first-order chi connectivity index (χ1) is 6.62. The smallest absolute Gasteiger partial charge is 0.165 e. The van der Waals surface area contributed by atoms with E-state index in [4.69, 9.17) is 9.47 Å². The van der Waals surface area contributed by atoms with Crippen molar-refractivity contribution in [2.45, 2.75) is 25.6 Å². The van der Waals surface area contributed by atoms with Crippen molar-refractivity contribution < 1.29 is 14.6 Å². The van der Waals surface area contributed by atoms with Crippen molar-refractivity contribution in [1.82, 2.24) is 0 Å². The van der Waals surface area contributed by atoms with Gasteiger partial charge in [0.25, 0.3) is 0 Å². The Balaban J connectivity index is 2.29. The van der Waals surface area contributed by atoms with E-state index in [1.165, 1.54) is 0 Å². The fourth-order valence-corrected chi connectivity index (χ4v) is 1.36. The molecule has 0 bridgehead atoms. The van der Waals surface area contributed by atoms with Crippen molar-refractivity contribution in [3.05, 3.63) is 24.3 Å². The van der Waals surface area contributed by atoms with Crippen molar-refractivity contribution in [2.75, 3.05) is 6.61 Å². The van der Waals surface area contributed by atoms with Crippen molar-refractivity contribution >= 4 is 0 Å². The van der Waals surface area contributed by atoms with E-state index in [-0.39, 0.29) is 0 Å². The van der Waals surface area contributed by atoms with Crippen LogP contribution in [0.1, 0.15) is 13.8 Å². The van der Waals surface area contributed by atoms with Crippen LogP contribution in [-0.2, 0) is 0 Å². The van der Waals surface area contributed by atoms with E-state index >= 15 is 0 Å². The Hall–Kier alpha value is -1.22. The molecule has 3 nitrogen and oxygen atoms in total. The van der Waals surface area contributed by atoms with E-state index < -0.39 is 11.7 Å². The Morgan fingerprint density at radius 1 is 1.36 bits per heavy atom. The van der Waals surface area contributed by atoms with E-state index in [1.54, 1.807) is 6.92 Å². The molecule has 3 heteroatoms. The maximum absolute atomic E-state index is 9.56.